The fraction of sp³-hybridized carbons (Fsp3) is 0.438. The quantitative estimate of drug-likeness (QED) is 0.866. The molecule has 0 aliphatic carbocycles. The molecular formula is C16H18F3N3O. The van der Waals surface area contributed by atoms with E-state index in [-0.39, 0.29) is 13.2 Å². The predicted molar refractivity (Wildman–Crippen MR) is 78.8 cm³/mol. The monoisotopic (exact) mass is 325 g/mol. The molecule has 0 saturated carbocycles. The molecule has 1 aromatic carbocycles. The molecule has 0 bridgehead atoms. The molecule has 3 rings (SSSR count). The molecule has 1 saturated heterocycles. The van der Waals surface area contributed by atoms with E-state index in [1.807, 2.05) is 41.1 Å². The van der Waals surface area contributed by atoms with E-state index in [4.69, 9.17) is 4.74 Å². The summed E-state index contributed by atoms with van der Waals surface area (Å²) in [4.78, 5) is 6.03. The zero-order valence-electron chi connectivity index (χ0n) is 12.5. The molecule has 0 spiro atoms. The Morgan fingerprint density at radius 1 is 1.17 bits per heavy atom. The van der Waals surface area contributed by atoms with Gasteiger partial charge < -0.3 is 9.30 Å². The van der Waals surface area contributed by atoms with E-state index in [9.17, 15) is 13.2 Å². The summed E-state index contributed by atoms with van der Waals surface area (Å²) in [5, 5.41) is 0. The first kappa shape index (κ1) is 16.0. The van der Waals surface area contributed by atoms with Crippen molar-refractivity contribution >= 4 is 0 Å². The van der Waals surface area contributed by atoms with Crippen LogP contribution in [0.2, 0.25) is 0 Å². The topological polar surface area (TPSA) is 30.3 Å². The van der Waals surface area contributed by atoms with E-state index >= 15 is 0 Å². The third-order valence-corrected chi connectivity index (χ3v) is 3.88. The summed E-state index contributed by atoms with van der Waals surface area (Å²) in [7, 11) is 0. The van der Waals surface area contributed by atoms with Gasteiger partial charge in [0.15, 0.2) is 6.10 Å². The minimum Gasteiger partial charge on any atom is -0.366 e. The Morgan fingerprint density at radius 3 is 2.70 bits per heavy atom. The zero-order valence-corrected chi connectivity index (χ0v) is 12.5. The van der Waals surface area contributed by atoms with E-state index in [2.05, 4.69) is 4.98 Å². The van der Waals surface area contributed by atoms with Crippen LogP contribution in [0.25, 0.3) is 0 Å². The number of ether oxygens (including phenoxy) is 1. The van der Waals surface area contributed by atoms with Gasteiger partial charge in [-0.05, 0) is 5.56 Å². The second kappa shape index (κ2) is 6.72. The average Bonchev–Trinajstić information content (AvgIpc) is 2.95. The summed E-state index contributed by atoms with van der Waals surface area (Å²) in [6.45, 7) is 1.45. The van der Waals surface area contributed by atoms with Crippen LogP contribution in [0.3, 0.4) is 0 Å². The van der Waals surface area contributed by atoms with E-state index in [0.717, 1.165) is 11.4 Å². The van der Waals surface area contributed by atoms with Gasteiger partial charge in [0, 0.05) is 32.0 Å². The molecule has 2 aromatic rings. The van der Waals surface area contributed by atoms with Crippen molar-refractivity contribution in [3.63, 3.8) is 0 Å². The molecule has 1 atom stereocenters. The normalized spacial score (nSPS) is 19.9. The van der Waals surface area contributed by atoms with E-state index in [1.54, 1.807) is 11.1 Å². The van der Waals surface area contributed by atoms with Crippen LogP contribution in [0.15, 0.2) is 42.7 Å². The molecule has 1 fully saturated rings. The number of halogens is 3. The van der Waals surface area contributed by atoms with Gasteiger partial charge >= 0.3 is 6.18 Å². The van der Waals surface area contributed by atoms with Crippen LogP contribution < -0.4 is 0 Å². The number of aromatic nitrogens is 2. The second-order valence-corrected chi connectivity index (χ2v) is 5.59. The Hall–Kier alpha value is -1.86. The van der Waals surface area contributed by atoms with Gasteiger partial charge in [-0.2, -0.15) is 13.2 Å². The number of morpholine rings is 1. The van der Waals surface area contributed by atoms with Crippen molar-refractivity contribution < 1.29 is 17.9 Å². The molecule has 0 amide bonds. The SMILES string of the molecule is FC(F)(F)[C@H]1CN(Cc2nccn2Cc2ccccc2)CCO1. The predicted octanol–water partition coefficient (Wildman–Crippen LogP) is 2.69. The van der Waals surface area contributed by atoms with Crippen LogP contribution in [-0.2, 0) is 17.8 Å². The summed E-state index contributed by atoms with van der Waals surface area (Å²) in [6, 6.07) is 9.89. The third kappa shape index (κ3) is 4.11. The lowest BCUT2D eigenvalue weighted by atomic mass is 10.2. The van der Waals surface area contributed by atoms with Crippen LogP contribution in [0, 0.1) is 0 Å². The van der Waals surface area contributed by atoms with Crippen molar-refractivity contribution in [3.8, 4) is 0 Å². The summed E-state index contributed by atoms with van der Waals surface area (Å²) in [6.07, 6.45) is -2.50. The maximum atomic E-state index is 12.8. The average molecular weight is 325 g/mol. The summed E-state index contributed by atoms with van der Waals surface area (Å²) < 4.78 is 45.2. The fourth-order valence-electron chi connectivity index (χ4n) is 2.66. The maximum absolute atomic E-state index is 12.8. The van der Waals surface area contributed by atoms with Gasteiger partial charge in [-0.15, -0.1) is 0 Å². The van der Waals surface area contributed by atoms with Crippen molar-refractivity contribution in [2.45, 2.75) is 25.4 Å². The smallest absolute Gasteiger partial charge is 0.366 e. The number of rotatable bonds is 4. The largest absolute Gasteiger partial charge is 0.415 e. The Balaban J connectivity index is 1.66. The molecule has 0 unspecified atom stereocenters. The standard InChI is InChI=1S/C16H18F3N3O/c17-16(18,19)14-11-21(8-9-23-14)12-15-20-6-7-22(15)10-13-4-2-1-3-5-13/h1-7,14H,8-12H2/t14-/m1/s1. The number of benzene rings is 1. The molecule has 0 N–H and O–H groups in total. The molecule has 1 aromatic heterocycles. The fourth-order valence-corrected chi connectivity index (χ4v) is 2.66. The number of imidazole rings is 1. The van der Waals surface area contributed by atoms with Gasteiger partial charge in [-0.25, -0.2) is 4.98 Å². The summed E-state index contributed by atoms with van der Waals surface area (Å²) >= 11 is 0. The Kier molecular flexibility index (Phi) is 4.68. The molecule has 2 heterocycles. The van der Waals surface area contributed by atoms with Crippen LogP contribution in [0.5, 0.6) is 0 Å². The number of hydrogen-bond acceptors (Lipinski definition) is 3. The first-order chi connectivity index (χ1) is 11.0. The van der Waals surface area contributed by atoms with E-state index < -0.39 is 12.3 Å². The molecular weight excluding hydrogens is 307 g/mol. The Labute approximate surface area is 132 Å². The Bertz CT molecular complexity index is 627. The Morgan fingerprint density at radius 2 is 1.96 bits per heavy atom. The molecule has 4 nitrogen and oxygen atoms in total. The lowest BCUT2D eigenvalue weighted by Gasteiger charge is -2.33. The van der Waals surface area contributed by atoms with Crippen LogP contribution in [-0.4, -0.2) is 46.4 Å². The van der Waals surface area contributed by atoms with Crippen LogP contribution >= 0.6 is 0 Å². The van der Waals surface area contributed by atoms with E-state index in [1.165, 1.54) is 0 Å². The lowest BCUT2D eigenvalue weighted by Crippen LogP contribution is -2.48. The number of nitrogens with zero attached hydrogens (tertiary/aromatic N) is 3. The third-order valence-electron chi connectivity index (χ3n) is 3.88. The van der Waals surface area contributed by atoms with Crippen molar-refractivity contribution in [3.05, 3.63) is 54.1 Å². The molecule has 1 aliphatic rings. The van der Waals surface area contributed by atoms with Crippen molar-refractivity contribution in [2.24, 2.45) is 0 Å². The molecule has 0 radical (unpaired) electrons. The maximum Gasteiger partial charge on any atom is 0.415 e. The van der Waals surface area contributed by atoms with Crippen molar-refractivity contribution in [1.82, 2.24) is 14.5 Å². The van der Waals surface area contributed by atoms with Gasteiger partial charge in [0.25, 0.3) is 0 Å². The first-order valence-electron chi connectivity index (χ1n) is 7.47. The summed E-state index contributed by atoms with van der Waals surface area (Å²) in [5.41, 5.74) is 1.13. The lowest BCUT2D eigenvalue weighted by molar-refractivity contribution is -0.237. The van der Waals surface area contributed by atoms with E-state index in [0.29, 0.717) is 19.6 Å². The first-order valence-corrected chi connectivity index (χ1v) is 7.47. The molecule has 23 heavy (non-hydrogen) atoms. The minimum atomic E-state index is -4.32. The number of hydrogen-bond donors (Lipinski definition) is 0. The molecule has 1 aliphatic heterocycles. The van der Waals surface area contributed by atoms with Gasteiger partial charge in [-0.3, -0.25) is 4.90 Å². The van der Waals surface area contributed by atoms with Crippen molar-refractivity contribution in [2.75, 3.05) is 19.7 Å². The minimum absolute atomic E-state index is 0.0869. The highest BCUT2D eigenvalue weighted by Crippen LogP contribution is 2.26. The molecule has 124 valence electrons. The van der Waals surface area contributed by atoms with Gasteiger partial charge in [0.05, 0.1) is 13.2 Å². The number of alkyl halides is 3. The zero-order chi connectivity index (χ0) is 16.3. The highest BCUT2D eigenvalue weighted by molar-refractivity contribution is 5.15. The second-order valence-electron chi connectivity index (χ2n) is 5.59. The van der Waals surface area contributed by atoms with Crippen LogP contribution in [0.4, 0.5) is 13.2 Å². The summed E-state index contributed by atoms with van der Waals surface area (Å²) in [5.74, 6) is 0.761. The van der Waals surface area contributed by atoms with Gasteiger partial charge in [-0.1, -0.05) is 30.3 Å². The van der Waals surface area contributed by atoms with Gasteiger partial charge in [0.2, 0.25) is 0 Å². The molecule has 7 heteroatoms. The van der Waals surface area contributed by atoms with Crippen molar-refractivity contribution in [1.29, 1.82) is 0 Å². The van der Waals surface area contributed by atoms with Crippen LogP contribution in [0.1, 0.15) is 11.4 Å². The highest BCUT2D eigenvalue weighted by atomic mass is 19.4. The highest BCUT2D eigenvalue weighted by Gasteiger charge is 2.43. The van der Waals surface area contributed by atoms with Gasteiger partial charge in [0.1, 0.15) is 5.82 Å².